The highest BCUT2D eigenvalue weighted by Gasteiger charge is 2.28. The maximum atomic E-state index is 12.9. The lowest BCUT2D eigenvalue weighted by Crippen LogP contribution is -2.11. The van der Waals surface area contributed by atoms with Crippen LogP contribution < -0.4 is 5.32 Å². The molecule has 0 unspecified atom stereocenters. The fourth-order valence-electron chi connectivity index (χ4n) is 3.28. The minimum Gasteiger partial charge on any atom is -0.423 e. The highest BCUT2D eigenvalue weighted by Crippen LogP contribution is 2.40. The van der Waals surface area contributed by atoms with Gasteiger partial charge in [-0.2, -0.15) is 0 Å². The highest BCUT2D eigenvalue weighted by atomic mass is 32.1. The maximum absolute atomic E-state index is 12.9. The minimum absolute atomic E-state index is 0.140. The molecule has 1 amide bonds. The Morgan fingerprint density at radius 2 is 1.96 bits per heavy atom. The van der Waals surface area contributed by atoms with Crippen LogP contribution in [0, 0.1) is 13.8 Å². The van der Waals surface area contributed by atoms with Gasteiger partial charge in [0.05, 0.1) is 10.6 Å². The van der Waals surface area contributed by atoms with Gasteiger partial charge in [-0.25, -0.2) is 9.97 Å². The van der Waals surface area contributed by atoms with E-state index in [9.17, 15) is 4.79 Å². The Balaban J connectivity index is 1.42. The van der Waals surface area contributed by atoms with Crippen molar-refractivity contribution in [1.82, 2.24) is 20.2 Å². The van der Waals surface area contributed by atoms with Gasteiger partial charge in [0.1, 0.15) is 10.7 Å². The molecule has 4 aromatic rings. The summed E-state index contributed by atoms with van der Waals surface area (Å²) in [4.78, 5) is 23.8. The molecule has 0 aliphatic heterocycles. The molecule has 0 saturated heterocycles. The van der Waals surface area contributed by atoms with Crippen molar-refractivity contribution in [3.8, 4) is 11.5 Å². The minimum atomic E-state index is -0.140. The molecule has 1 saturated carbocycles. The molecule has 28 heavy (non-hydrogen) atoms. The summed E-state index contributed by atoms with van der Waals surface area (Å²) in [6.45, 7) is 3.95. The van der Waals surface area contributed by atoms with E-state index in [2.05, 4.69) is 20.5 Å². The van der Waals surface area contributed by atoms with E-state index in [1.165, 1.54) is 17.7 Å². The molecule has 5 rings (SSSR count). The summed E-state index contributed by atoms with van der Waals surface area (Å²) in [5.41, 5.74) is 3.38. The molecule has 1 fully saturated rings. The molecule has 1 N–H and O–H groups in total. The van der Waals surface area contributed by atoms with Crippen LogP contribution in [-0.4, -0.2) is 26.1 Å². The first kappa shape index (κ1) is 17.0. The molecule has 0 bridgehead atoms. The van der Waals surface area contributed by atoms with Gasteiger partial charge < -0.3 is 9.73 Å². The second-order valence-electron chi connectivity index (χ2n) is 6.95. The fraction of sp³-hybridized carbons (Fsp3) is 0.250. The van der Waals surface area contributed by atoms with Gasteiger partial charge in [-0.1, -0.05) is 0 Å². The van der Waals surface area contributed by atoms with Crippen molar-refractivity contribution in [3.63, 3.8) is 0 Å². The zero-order valence-electron chi connectivity index (χ0n) is 15.4. The van der Waals surface area contributed by atoms with Crippen LogP contribution in [-0.2, 0) is 0 Å². The van der Waals surface area contributed by atoms with Crippen molar-refractivity contribution in [3.05, 3.63) is 52.6 Å². The summed E-state index contributed by atoms with van der Waals surface area (Å²) in [6, 6.07) is 7.30. The molecule has 0 spiro atoms. The number of nitrogens with zero attached hydrogens (tertiary/aromatic N) is 4. The first-order valence-electron chi connectivity index (χ1n) is 9.05. The molecular formula is C20H17N5O2S. The van der Waals surface area contributed by atoms with Crippen LogP contribution in [0.4, 0.5) is 5.69 Å². The van der Waals surface area contributed by atoms with Crippen molar-refractivity contribution >= 4 is 33.1 Å². The molecule has 0 atom stereocenters. The summed E-state index contributed by atoms with van der Waals surface area (Å²) in [5.74, 6) is 1.70. The molecule has 7 nitrogen and oxygen atoms in total. The van der Waals surface area contributed by atoms with Gasteiger partial charge in [0.25, 0.3) is 5.91 Å². The van der Waals surface area contributed by atoms with Gasteiger partial charge >= 0.3 is 0 Å². The Kier molecular flexibility index (Phi) is 3.94. The number of aryl methyl sites for hydroxylation is 2. The topological polar surface area (TPSA) is 93.8 Å². The lowest BCUT2D eigenvalue weighted by Gasteiger charge is -2.05. The smallest absolute Gasteiger partial charge is 0.266 e. The van der Waals surface area contributed by atoms with Crippen LogP contribution in [0.3, 0.4) is 0 Å². The number of hydrogen-bond donors (Lipinski definition) is 1. The molecule has 1 aliphatic carbocycles. The van der Waals surface area contributed by atoms with Crippen molar-refractivity contribution < 1.29 is 9.21 Å². The quantitative estimate of drug-likeness (QED) is 0.551. The molecule has 3 heterocycles. The molecular weight excluding hydrogens is 374 g/mol. The van der Waals surface area contributed by atoms with Crippen LogP contribution in [0.2, 0.25) is 0 Å². The second kappa shape index (κ2) is 6.49. The average Bonchev–Trinajstić information content (AvgIpc) is 3.28. The number of aromatic nitrogens is 4. The fourth-order valence-corrected chi connectivity index (χ4v) is 4.42. The molecule has 1 aliphatic rings. The van der Waals surface area contributed by atoms with Crippen LogP contribution >= 0.6 is 11.3 Å². The zero-order valence-corrected chi connectivity index (χ0v) is 16.2. The Morgan fingerprint density at radius 1 is 1.18 bits per heavy atom. The Hall–Kier alpha value is -3.13. The number of fused-ring (bicyclic) bond motifs is 1. The summed E-state index contributed by atoms with van der Waals surface area (Å²) >= 11 is 1.43. The number of thiophene rings is 1. The van der Waals surface area contributed by atoms with Crippen LogP contribution in [0.1, 0.15) is 45.5 Å². The second-order valence-corrected chi connectivity index (χ2v) is 7.95. The molecule has 140 valence electrons. The maximum Gasteiger partial charge on any atom is 0.266 e. The van der Waals surface area contributed by atoms with Gasteiger partial charge in [-0.3, -0.25) is 4.79 Å². The SMILES string of the molecule is Cc1nc(C2CC2)nc2sc(C(=O)Nc3ccc(-c4nnco4)cc3)c(C)c12. The van der Waals surface area contributed by atoms with E-state index < -0.39 is 0 Å². The van der Waals surface area contributed by atoms with Crippen molar-refractivity contribution in [2.24, 2.45) is 0 Å². The molecule has 8 heteroatoms. The Morgan fingerprint density at radius 3 is 2.64 bits per heavy atom. The number of benzene rings is 1. The van der Waals surface area contributed by atoms with Crippen LogP contribution in [0.5, 0.6) is 0 Å². The lowest BCUT2D eigenvalue weighted by molar-refractivity contribution is 0.103. The van der Waals surface area contributed by atoms with Gasteiger partial charge in [0.2, 0.25) is 12.3 Å². The molecule has 1 aromatic carbocycles. The summed E-state index contributed by atoms with van der Waals surface area (Å²) < 4.78 is 5.18. The van der Waals surface area contributed by atoms with Crippen LogP contribution in [0.25, 0.3) is 21.7 Å². The van der Waals surface area contributed by atoms with Gasteiger partial charge in [0, 0.05) is 22.6 Å². The lowest BCUT2D eigenvalue weighted by atomic mass is 10.1. The highest BCUT2D eigenvalue weighted by molar-refractivity contribution is 7.20. The summed E-state index contributed by atoms with van der Waals surface area (Å²) in [5, 5.41) is 11.5. The molecule has 0 radical (unpaired) electrons. The standard InChI is InChI=1S/C20H17N5O2S/c1-10-15-11(2)22-17(12-3-4-12)24-20(15)28-16(10)18(26)23-14-7-5-13(6-8-14)19-25-21-9-27-19/h5-9,12H,3-4H2,1-2H3,(H,23,26). The van der Waals surface area contributed by atoms with Gasteiger partial charge in [-0.15, -0.1) is 21.5 Å². The first-order valence-corrected chi connectivity index (χ1v) is 9.87. The monoisotopic (exact) mass is 391 g/mol. The van der Waals surface area contributed by atoms with E-state index in [-0.39, 0.29) is 5.91 Å². The largest absolute Gasteiger partial charge is 0.423 e. The van der Waals surface area contributed by atoms with Crippen molar-refractivity contribution in [2.45, 2.75) is 32.6 Å². The van der Waals surface area contributed by atoms with Crippen molar-refractivity contribution in [2.75, 3.05) is 5.32 Å². The van der Waals surface area contributed by atoms with E-state index in [1.807, 2.05) is 38.1 Å². The third kappa shape index (κ3) is 2.95. The summed E-state index contributed by atoms with van der Waals surface area (Å²) in [7, 11) is 0. The van der Waals surface area contributed by atoms with Crippen LogP contribution in [0.15, 0.2) is 35.1 Å². The molecule has 3 aromatic heterocycles. The first-order chi connectivity index (χ1) is 13.6. The van der Waals surface area contributed by atoms with Gasteiger partial charge in [-0.05, 0) is 56.5 Å². The third-order valence-corrected chi connectivity index (χ3v) is 6.07. The number of rotatable bonds is 4. The van der Waals surface area contributed by atoms with Crippen molar-refractivity contribution in [1.29, 1.82) is 0 Å². The predicted molar refractivity (Wildman–Crippen MR) is 107 cm³/mol. The zero-order chi connectivity index (χ0) is 19.3. The number of anilines is 1. The number of carbonyl (C=O) groups excluding carboxylic acids is 1. The number of nitrogens with one attached hydrogen (secondary N) is 1. The van der Waals surface area contributed by atoms with E-state index in [0.29, 0.717) is 22.4 Å². The van der Waals surface area contributed by atoms with E-state index in [4.69, 9.17) is 9.40 Å². The Bertz CT molecular complexity index is 1180. The van der Waals surface area contributed by atoms with E-state index in [0.717, 1.165) is 45.7 Å². The van der Waals surface area contributed by atoms with E-state index in [1.54, 1.807) is 0 Å². The summed E-state index contributed by atoms with van der Waals surface area (Å²) in [6.07, 6.45) is 3.60. The number of carbonyl (C=O) groups is 1. The normalized spacial score (nSPS) is 13.8. The van der Waals surface area contributed by atoms with E-state index >= 15 is 0 Å². The van der Waals surface area contributed by atoms with Gasteiger partial charge in [0.15, 0.2) is 0 Å². The third-order valence-electron chi connectivity index (χ3n) is 4.89. The Labute approximate surface area is 164 Å². The number of amides is 1. The number of hydrogen-bond acceptors (Lipinski definition) is 7. The average molecular weight is 391 g/mol. The predicted octanol–water partition coefficient (Wildman–Crippen LogP) is 4.49.